The standard InChI is InChI=1S/C9H16N3O5P/c1-3-6(2)8-10-4-7(9(11-8)12-13)5-17-18(14,15)16/h4,6,13H,3,5H2,1-2H3,(H,10,11,12)(H2,14,15,16). The molecule has 0 radical (unpaired) electrons. The van der Waals surface area contributed by atoms with Gasteiger partial charge in [0.05, 0.1) is 6.61 Å². The molecule has 0 aliphatic rings. The Bertz CT molecular complexity index is 450. The van der Waals surface area contributed by atoms with Gasteiger partial charge in [-0.05, 0) is 6.42 Å². The zero-order valence-corrected chi connectivity index (χ0v) is 11.0. The molecule has 1 unspecified atom stereocenters. The summed E-state index contributed by atoms with van der Waals surface area (Å²) in [6.07, 6.45) is 2.20. The van der Waals surface area contributed by atoms with Gasteiger partial charge >= 0.3 is 7.82 Å². The summed E-state index contributed by atoms with van der Waals surface area (Å²) in [6, 6.07) is 0. The number of hydrogen-bond acceptors (Lipinski definition) is 6. The minimum Gasteiger partial charge on any atom is -0.303 e. The lowest BCUT2D eigenvalue weighted by atomic mass is 10.1. The van der Waals surface area contributed by atoms with Gasteiger partial charge in [0.2, 0.25) is 0 Å². The zero-order valence-electron chi connectivity index (χ0n) is 10.1. The number of nitrogens with zero attached hydrogens (tertiary/aromatic N) is 2. The fraction of sp³-hybridized carbons (Fsp3) is 0.556. The lowest BCUT2D eigenvalue weighted by Crippen LogP contribution is -2.07. The quantitative estimate of drug-likeness (QED) is 0.454. The van der Waals surface area contributed by atoms with Gasteiger partial charge in [-0.15, -0.1) is 0 Å². The van der Waals surface area contributed by atoms with Gasteiger partial charge < -0.3 is 9.79 Å². The molecule has 1 heterocycles. The van der Waals surface area contributed by atoms with Gasteiger partial charge in [0.1, 0.15) is 5.82 Å². The van der Waals surface area contributed by atoms with Crippen LogP contribution in [0, 0.1) is 0 Å². The Morgan fingerprint density at radius 3 is 2.72 bits per heavy atom. The molecule has 0 bridgehead atoms. The van der Waals surface area contributed by atoms with Crippen molar-refractivity contribution in [3.05, 3.63) is 17.6 Å². The SMILES string of the molecule is CCC(C)c1ncc(COP(=O)(O)O)c(NO)n1. The van der Waals surface area contributed by atoms with E-state index < -0.39 is 14.4 Å². The molecule has 1 atom stereocenters. The number of phosphoric acid groups is 1. The molecule has 102 valence electrons. The summed E-state index contributed by atoms with van der Waals surface area (Å²) in [7, 11) is -4.56. The Morgan fingerprint density at radius 2 is 2.22 bits per heavy atom. The minimum absolute atomic E-state index is 0.0775. The average molecular weight is 277 g/mol. The fourth-order valence-electron chi connectivity index (χ4n) is 1.20. The lowest BCUT2D eigenvalue weighted by Gasteiger charge is -2.12. The molecule has 1 aromatic heterocycles. The van der Waals surface area contributed by atoms with Crippen LogP contribution >= 0.6 is 7.82 Å². The molecule has 8 nitrogen and oxygen atoms in total. The molecule has 1 aromatic rings. The van der Waals surface area contributed by atoms with E-state index in [2.05, 4.69) is 14.5 Å². The van der Waals surface area contributed by atoms with Crippen LogP contribution in [0.25, 0.3) is 0 Å². The topological polar surface area (TPSA) is 125 Å². The van der Waals surface area contributed by atoms with Crippen molar-refractivity contribution in [1.82, 2.24) is 9.97 Å². The van der Waals surface area contributed by atoms with E-state index in [1.165, 1.54) is 6.20 Å². The molecule has 0 saturated carbocycles. The maximum absolute atomic E-state index is 10.6. The van der Waals surface area contributed by atoms with Crippen LogP contribution in [0.15, 0.2) is 6.20 Å². The molecule has 4 N–H and O–H groups in total. The number of hydrogen-bond donors (Lipinski definition) is 4. The third kappa shape index (κ3) is 4.32. The second kappa shape index (κ2) is 6.21. The molecule has 0 aliphatic carbocycles. The van der Waals surface area contributed by atoms with Gasteiger partial charge in [0.25, 0.3) is 0 Å². The number of phosphoric ester groups is 1. The maximum atomic E-state index is 10.6. The second-order valence-corrected chi connectivity index (χ2v) is 5.03. The van der Waals surface area contributed by atoms with E-state index in [0.717, 1.165) is 6.42 Å². The minimum atomic E-state index is -4.56. The third-order valence-electron chi connectivity index (χ3n) is 2.43. The Hall–Kier alpha value is -1.05. The summed E-state index contributed by atoms with van der Waals surface area (Å²) in [5.41, 5.74) is 2.12. The van der Waals surface area contributed by atoms with Crippen molar-refractivity contribution in [2.75, 3.05) is 5.48 Å². The summed E-state index contributed by atoms with van der Waals surface area (Å²) >= 11 is 0. The van der Waals surface area contributed by atoms with Crippen molar-refractivity contribution in [2.24, 2.45) is 0 Å². The monoisotopic (exact) mass is 277 g/mol. The van der Waals surface area contributed by atoms with E-state index in [1.807, 2.05) is 19.3 Å². The van der Waals surface area contributed by atoms with Crippen LogP contribution in [0.1, 0.15) is 37.6 Å². The molecule has 18 heavy (non-hydrogen) atoms. The molecule has 0 fully saturated rings. The van der Waals surface area contributed by atoms with E-state index >= 15 is 0 Å². The van der Waals surface area contributed by atoms with Crippen LogP contribution in [-0.2, 0) is 15.7 Å². The molecular formula is C9H16N3O5P. The first-order chi connectivity index (χ1) is 8.37. The maximum Gasteiger partial charge on any atom is 0.469 e. The van der Waals surface area contributed by atoms with Crippen LogP contribution < -0.4 is 5.48 Å². The van der Waals surface area contributed by atoms with Crippen molar-refractivity contribution < 1.29 is 24.1 Å². The van der Waals surface area contributed by atoms with Crippen LogP contribution in [0.5, 0.6) is 0 Å². The summed E-state index contributed by atoms with van der Waals surface area (Å²) in [5, 5.41) is 8.94. The average Bonchev–Trinajstić information content (AvgIpc) is 2.34. The van der Waals surface area contributed by atoms with Gasteiger partial charge in [0, 0.05) is 17.7 Å². The molecule has 0 spiro atoms. The van der Waals surface area contributed by atoms with E-state index in [-0.39, 0.29) is 17.3 Å². The van der Waals surface area contributed by atoms with Crippen molar-refractivity contribution in [1.29, 1.82) is 0 Å². The number of anilines is 1. The highest BCUT2D eigenvalue weighted by atomic mass is 31.2. The highest BCUT2D eigenvalue weighted by Gasteiger charge is 2.17. The van der Waals surface area contributed by atoms with Crippen molar-refractivity contribution in [2.45, 2.75) is 32.8 Å². The van der Waals surface area contributed by atoms with Gasteiger partial charge in [-0.25, -0.2) is 14.5 Å². The first-order valence-corrected chi connectivity index (χ1v) is 6.86. The summed E-state index contributed by atoms with van der Waals surface area (Å²) in [5.74, 6) is 0.733. The van der Waals surface area contributed by atoms with Gasteiger partial charge in [-0.2, -0.15) is 0 Å². The van der Waals surface area contributed by atoms with Gasteiger partial charge in [-0.3, -0.25) is 15.2 Å². The molecule has 1 rings (SSSR count). The Labute approximate surface area is 104 Å². The molecule has 0 amide bonds. The Balaban J connectivity index is 2.90. The van der Waals surface area contributed by atoms with Crippen molar-refractivity contribution in [3.8, 4) is 0 Å². The normalized spacial score (nSPS) is 13.4. The highest BCUT2D eigenvalue weighted by molar-refractivity contribution is 7.46. The van der Waals surface area contributed by atoms with Crippen LogP contribution in [0.3, 0.4) is 0 Å². The number of aromatic nitrogens is 2. The predicted molar refractivity (Wildman–Crippen MR) is 63.0 cm³/mol. The molecule has 0 aromatic carbocycles. The first kappa shape index (κ1) is 15.0. The third-order valence-corrected chi connectivity index (χ3v) is 2.90. The molecule has 9 heteroatoms. The zero-order chi connectivity index (χ0) is 13.8. The molecular weight excluding hydrogens is 261 g/mol. The smallest absolute Gasteiger partial charge is 0.303 e. The molecule has 0 aliphatic heterocycles. The summed E-state index contributed by atoms with van der Waals surface area (Å²) < 4.78 is 14.9. The van der Waals surface area contributed by atoms with Gasteiger partial charge in [-0.1, -0.05) is 13.8 Å². The van der Waals surface area contributed by atoms with E-state index in [4.69, 9.17) is 15.0 Å². The highest BCUT2D eigenvalue weighted by Crippen LogP contribution is 2.37. The van der Waals surface area contributed by atoms with Gasteiger partial charge in [0.15, 0.2) is 5.82 Å². The van der Waals surface area contributed by atoms with E-state index in [9.17, 15) is 4.57 Å². The Morgan fingerprint density at radius 1 is 1.56 bits per heavy atom. The van der Waals surface area contributed by atoms with Crippen LogP contribution in [-0.4, -0.2) is 25.0 Å². The Kier molecular flexibility index (Phi) is 5.18. The largest absolute Gasteiger partial charge is 0.469 e. The summed E-state index contributed by atoms with van der Waals surface area (Å²) in [6.45, 7) is 3.52. The lowest BCUT2D eigenvalue weighted by molar-refractivity contribution is 0.188. The molecule has 0 saturated heterocycles. The van der Waals surface area contributed by atoms with Crippen LogP contribution in [0.2, 0.25) is 0 Å². The van der Waals surface area contributed by atoms with Crippen LogP contribution in [0.4, 0.5) is 5.82 Å². The number of nitrogens with one attached hydrogen (secondary N) is 1. The van der Waals surface area contributed by atoms with Crippen molar-refractivity contribution in [3.63, 3.8) is 0 Å². The predicted octanol–water partition coefficient (Wildman–Crippen LogP) is 1.40. The van der Waals surface area contributed by atoms with E-state index in [1.54, 1.807) is 0 Å². The fourth-order valence-corrected chi connectivity index (χ4v) is 1.50. The second-order valence-electron chi connectivity index (χ2n) is 3.79. The van der Waals surface area contributed by atoms with E-state index in [0.29, 0.717) is 5.82 Å². The summed E-state index contributed by atoms with van der Waals surface area (Å²) in [4.78, 5) is 25.3. The first-order valence-electron chi connectivity index (χ1n) is 5.33. The number of rotatable bonds is 6. The van der Waals surface area contributed by atoms with Crippen molar-refractivity contribution >= 4 is 13.6 Å².